The molecule has 0 aromatic heterocycles. The highest BCUT2D eigenvalue weighted by molar-refractivity contribution is 9.10. The molecule has 30 heavy (non-hydrogen) atoms. The predicted octanol–water partition coefficient (Wildman–Crippen LogP) is 4.03. The van der Waals surface area contributed by atoms with Crippen LogP contribution in [0.2, 0.25) is 0 Å². The van der Waals surface area contributed by atoms with Gasteiger partial charge in [0.15, 0.2) is 0 Å². The van der Waals surface area contributed by atoms with Gasteiger partial charge >= 0.3 is 0 Å². The molecular formula is C24H23BrN2O3. The summed E-state index contributed by atoms with van der Waals surface area (Å²) in [7, 11) is 0. The van der Waals surface area contributed by atoms with E-state index in [4.69, 9.17) is 0 Å². The van der Waals surface area contributed by atoms with Gasteiger partial charge in [0.25, 0.3) is 0 Å². The second-order valence-electron chi connectivity index (χ2n) is 8.63. The lowest BCUT2D eigenvalue weighted by atomic mass is 9.81. The monoisotopic (exact) mass is 466 g/mol. The maximum Gasteiger partial charge on any atom is 0.248 e. The molecule has 2 aromatic carbocycles. The Labute approximate surface area is 184 Å². The summed E-state index contributed by atoms with van der Waals surface area (Å²) in [5.41, 5.74) is 1.56. The van der Waals surface area contributed by atoms with Crippen LogP contribution < -0.4 is 5.32 Å². The number of amides is 3. The van der Waals surface area contributed by atoms with Gasteiger partial charge < -0.3 is 5.32 Å². The van der Waals surface area contributed by atoms with Gasteiger partial charge in [-0.3, -0.25) is 19.3 Å². The van der Waals surface area contributed by atoms with E-state index in [2.05, 4.69) is 21.2 Å². The van der Waals surface area contributed by atoms with Gasteiger partial charge in [0, 0.05) is 16.6 Å². The van der Waals surface area contributed by atoms with Crippen molar-refractivity contribution in [1.82, 2.24) is 4.90 Å². The van der Waals surface area contributed by atoms with Crippen LogP contribution in [0.5, 0.6) is 0 Å². The van der Waals surface area contributed by atoms with Crippen molar-refractivity contribution in [1.29, 1.82) is 0 Å². The Morgan fingerprint density at radius 1 is 0.967 bits per heavy atom. The number of likely N-dealkylation sites (tertiary alicyclic amines) is 1. The number of nitrogens with one attached hydrogen (secondary N) is 1. The summed E-state index contributed by atoms with van der Waals surface area (Å²) in [5, 5.41) is 2.91. The average molecular weight is 467 g/mol. The van der Waals surface area contributed by atoms with E-state index in [9.17, 15) is 14.4 Å². The molecule has 0 radical (unpaired) electrons. The smallest absolute Gasteiger partial charge is 0.248 e. The molecule has 2 bridgehead atoms. The fourth-order valence-corrected chi connectivity index (χ4v) is 5.90. The van der Waals surface area contributed by atoms with E-state index in [1.54, 1.807) is 12.1 Å². The summed E-state index contributed by atoms with van der Waals surface area (Å²) in [5.74, 6) is -0.477. The topological polar surface area (TPSA) is 66.5 Å². The maximum absolute atomic E-state index is 13.3. The van der Waals surface area contributed by atoms with Gasteiger partial charge in [-0.25, -0.2) is 0 Å². The maximum atomic E-state index is 13.3. The molecule has 5 rings (SSSR count). The van der Waals surface area contributed by atoms with E-state index in [0.717, 1.165) is 29.3 Å². The number of nitrogens with zero attached hydrogens (tertiary/aromatic N) is 1. The van der Waals surface area contributed by atoms with Gasteiger partial charge in [-0.2, -0.15) is 0 Å². The van der Waals surface area contributed by atoms with Crippen molar-refractivity contribution in [3.05, 3.63) is 64.6 Å². The molecule has 5 atom stereocenters. The predicted molar refractivity (Wildman–Crippen MR) is 116 cm³/mol. The van der Waals surface area contributed by atoms with Gasteiger partial charge in [0.1, 0.15) is 6.04 Å². The number of hydrogen-bond acceptors (Lipinski definition) is 3. The van der Waals surface area contributed by atoms with Gasteiger partial charge in [0.05, 0.1) is 11.8 Å². The molecule has 5 nitrogen and oxygen atoms in total. The molecule has 1 N–H and O–H groups in total. The summed E-state index contributed by atoms with van der Waals surface area (Å²) in [6.45, 7) is 0. The van der Waals surface area contributed by atoms with E-state index >= 15 is 0 Å². The molecule has 3 aliphatic rings. The number of benzene rings is 2. The molecule has 1 saturated heterocycles. The van der Waals surface area contributed by atoms with E-state index in [1.165, 1.54) is 4.90 Å². The van der Waals surface area contributed by atoms with Gasteiger partial charge in [0.2, 0.25) is 17.7 Å². The van der Waals surface area contributed by atoms with Crippen molar-refractivity contribution >= 4 is 39.3 Å². The Morgan fingerprint density at radius 2 is 1.57 bits per heavy atom. The summed E-state index contributed by atoms with van der Waals surface area (Å²) in [6.07, 6.45) is 3.34. The lowest BCUT2D eigenvalue weighted by Gasteiger charge is -2.27. The largest absolute Gasteiger partial charge is 0.324 e. The summed E-state index contributed by atoms with van der Waals surface area (Å²) in [6, 6.07) is 16.0. The molecule has 0 spiro atoms. The first-order valence-corrected chi connectivity index (χ1v) is 11.3. The quantitative estimate of drug-likeness (QED) is 0.676. The van der Waals surface area contributed by atoms with Gasteiger partial charge in [-0.05, 0) is 60.9 Å². The Kier molecular flexibility index (Phi) is 4.97. The molecular weight excluding hydrogens is 444 g/mol. The van der Waals surface area contributed by atoms with Crippen molar-refractivity contribution in [3.8, 4) is 0 Å². The summed E-state index contributed by atoms with van der Waals surface area (Å²) in [4.78, 5) is 41.3. The zero-order valence-electron chi connectivity index (χ0n) is 16.5. The number of anilines is 1. The minimum atomic E-state index is -0.846. The standard InChI is InChI=1S/C24H23BrN2O3/c25-17-8-10-18(11-9-17)26-22(28)19(12-14-4-2-1-3-5-14)27-23(29)20-15-6-7-16(13-15)21(20)24(27)30/h1-5,8-11,15-16,19-21H,6-7,12-13H2,(H,26,28)/t15-,16-,19-,20-,21+/m0/s1. The molecule has 6 heteroatoms. The Morgan fingerprint density at radius 3 is 2.17 bits per heavy atom. The van der Waals surface area contributed by atoms with Crippen LogP contribution in [-0.2, 0) is 20.8 Å². The van der Waals surface area contributed by atoms with Crippen LogP contribution in [0.25, 0.3) is 0 Å². The third-order valence-electron chi connectivity index (χ3n) is 6.96. The molecule has 2 aromatic rings. The van der Waals surface area contributed by atoms with Crippen molar-refractivity contribution in [2.45, 2.75) is 31.7 Å². The second kappa shape index (κ2) is 7.65. The van der Waals surface area contributed by atoms with E-state index in [-0.39, 0.29) is 29.6 Å². The number of halogens is 1. The normalized spacial score (nSPS) is 28.0. The van der Waals surface area contributed by atoms with E-state index in [1.807, 2.05) is 42.5 Å². The van der Waals surface area contributed by atoms with Crippen molar-refractivity contribution in [3.63, 3.8) is 0 Å². The molecule has 154 valence electrons. The number of carbonyl (C=O) groups is 3. The van der Waals surface area contributed by atoms with Crippen LogP contribution in [-0.4, -0.2) is 28.7 Å². The third kappa shape index (κ3) is 3.27. The highest BCUT2D eigenvalue weighted by Crippen LogP contribution is 2.56. The van der Waals surface area contributed by atoms with Gasteiger partial charge in [-0.15, -0.1) is 0 Å². The van der Waals surface area contributed by atoms with Gasteiger partial charge in [-0.1, -0.05) is 46.3 Å². The lowest BCUT2D eigenvalue weighted by molar-refractivity contribution is -0.147. The average Bonchev–Trinajstić information content (AvgIpc) is 3.43. The number of imide groups is 1. The van der Waals surface area contributed by atoms with E-state index in [0.29, 0.717) is 23.9 Å². The van der Waals surface area contributed by atoms with Crippen LogP contribution in [0.3, 0.4) is 0 Å². The van der Waals surface area contributed by atoms with Crippen LogP contribution in [0.1, 0.15) is 24.8 Å². The SMILES string of the molecule is O=C(Nc1ccc(Br)cc1)[C@H](Cc1ccccc1)N1C(=O)[C@@H]2[C@H]3CC[C@@H](C3)[C@@H]2C1=O. The van der Waals surface area contributed by atoms with Crippen molar-refractivity contribution in [2.75, 3.05) is 5.32 Å². The summed E-state index contributed by atoms with van der Waals surface area (Å²) < 4.78 is 0.912. The lowest BCUT2D eigenvalue weighted by Crippen LogP contribution is -2.49. The first kappa shape index (κ1) is 19.5. The molecule has 1 heterocycles. The number of rotatable bonds is 5. The molecule has 0 unspecified atom stereocenters. The first-order valence-electron chi connectivity index (χ1n) is 10.5. The highest BCUT2D eigenvalue weighted by Gasteiger charge is 2.62. The number of fused-ring (bicyclic) bond motifs is 5. The Balaban J connectivity index is 1.45. The Bertz CT molecular complexity index is 963. The van der Waals surface area contributed by atoms with Crippen LogP contribution in [0.4, 0.5) is 5.69 Å². The van der Waals surface area contributed by atoms with Crippen LogP contribution in [0, 0.1) is 23.7 Å². The molecule has 2 aliphatic carbocycles. The fraction of sp³-hybridized carbons (Fsp3) is 0.375. The first-order chi connectivity index (χ1) is 14.5. The number of carbonyl (C=O) groups excluding carboxylic acids is 3. The Hall–Kier alpha value is -2.47. The van der Waals surface area contributed by atoms with Crippen LogP contribution >= 0.6 is 15.9 Å². The zero-order valence-corrected chi connectivity index (χ0v) is 18.0. The molecule has 3 amide bonds. The summed E-state index contributed by atoms with van der Waals surface area (Å²) >= 11 is 3.39. The molecule has 2 saturated carbocycles. The molecule has 1 aliphatic heterocycles. The minimum absolute atomic E-state index is 0.149. The highest BCUT2D eigenvalue weighted by atomic mass is 79.9. The zero-order chi connectivity index (χ0) is 20.8. The fourth-order valence-electron chi connectivity index (χ4n) is 5.64. The van der Waals surface area contributed by atoms with E-state index < -0.39 is 6.04 Å². The van der Waals surface area contributed by atoms with Crippen LogP contribution in [0.15, 0.2) is 59.1 Å². The number of hydrogen-bond donors (Lipinski definition) is 1. The van der Waals surface area contributed by atoms with Crippen molar-refractivity contribution < 1.29 is 14.4 Å². The molecule has 3 fully saturated rings. The second-order valence-corrected chi connectivity index (χ2v) is 9.55. The minimum Gasteiger partial charge on any atom is -0.324 e. The van der Waals surface area contributed by atoms with Crippen molar-refractivity contribution in [2.24, 2.45) is 23.7 Å². The third-order valence-corrected chi connectivity index (χ3v) is 7.49.